The molecule has 0 bridgehead atoms. The summed E-state index contributed by atoms with van der Waals surface area (Å²) in [6.45, 7) is 7.05. The van der Waals surface area contributed by atoms with E-state index in [4.69, 9.17) is 0 Å². The SMILES string of the molecule is Cc1cccc(C(C)C)c1Nc1nncc(NCc2cccnc2)n1. The van der Waals surface area contributed by atoms with Crippen LogP contribution in [-0.2, 0) is 6.54 Å². The molecule has 3 aromatic rings. The quantitative estimate of drug-likeness (QED) is 0.708. The van der Waals surface area contributed by atoms with Crippen LogP contribution in [0.15, 0.2) is 48.9 Å². The summed E-state index contributed by atoms with van der Waals surface area (Å²) in [4.78, 5) is 8.61. The fourth-order valence-electron chi connectivity index (χ4n) is 2.59. The zero-order chi connectivity index (χ0) is 17.6. The van der Waals surface area contributed by atoms with E-state index in [0.717, 1.165) is 16.8 Å². The van der Waals surface area contributed by atoms with E-state index in [2.05, 4.69) is 69.8 Å². The van der Waals surface area contributed by atoms with Gasteiger partial charge < -0.3 is 10.6 Å². The van der Waals surface area contributed by atoms with Crippen molar-refractivity contribution in [3.05, 3.63) is 65.6 Å². The number of hydrogen-bond donors (Lipinski definition) is 2. The van der Waals surface area contributed by atoms with Crippen molar-refractivity contribution >= 4 is 17.5 Å². The van der Waals surface area contributed by atoms with Gasteiger partial charge >= 0.3 is 0 Å². The van der Waals surface area contributed by atoms with Crippen LogP contribution in [0.3, 0.4) is 0 Å². The number of nitrogens with one attached hydrogen (secondary N) is 2. The first-order chi connectivity index (χ1) is 12.1. The van der Waals surface area contributed by atoms with Crippen molar-refractivity contribution in [2.75, 3.05) is 10.6 Å². The van der Waals surface area contributed by atoms with Crippen LogP contribution in [0, 0.1) is 6.92 Å². The average Bonchev–Trinajstić information content (AvgIpc) is 2.63. The summed E-state index contributed by atoms with van der Waals surface area (Å²) < 4.78 is 0. The molecule has 0 amide bonds. The Morgan fingerprint density at radius 2 is 1.96 bits per heavy atom. The minimum atomic E-state index is 0.405. The number of pyridine rings is 1. The van der Waals surface area contributed by atoms with Crippen molar-refractivity contribution in [3.63, 3.8) is 0 Å². The van der Waals surface area contributed by atoms with Crippen LogP contribution in [0.1, 0.15) is 36.5 Å². The summed E-state index contributed by atoms with van der Waals surface area (Å²) >= 11 is 0. The minimum absolute atomic E-state index is 0.405. The molecule has 0 aliphatic carbocycles. The van der Waals surface area contributed by atoms with Gasteiger partial charge in [0.25, 0.3) is 0 Å². The second-order valence-electron chi connectivity index (χ2n) is 6.20. The van der Waals surface area contributed by atoms with E-state index in [-0.39, 0.29) is 0 Å². The normalized spacial score (nSPS) is 10.7. The third-order valence-electron chi connectivity index (χ3n) is 3.92. The zero-order valence-electron chi connectivity index (χ0n) is 14.7. The molecule has 6 nitrogen and oxygen atoms in total. The van der Waals surface area contributed by atoms with Gasteiger partial charge in [-0.15, -0.1) is 5.10 Å². The fourth-order valence-corrected chi connectivity index (χ4v) is 2.59. The minimum Gasteiger partial charge on any atom is -0.364 e. The van der Waals surface area contributed by atoms with E-state index < -0.39 is 0 Å². The van der Waals surface area contributed by atoms with Crippen LogP contribution >= 0.6 is 0 Å². The maximum absolute atomic E-state index is 4.51. The molecule has 2 aromatic heterocycles. The summed E-state index contributed by atoms with van der Waals surface area (Å²) in [6, 6.07) is 10.2. The van der Waals surface area contributed by atoms with Crippen LogP contribution < -0.4 is 10.6 Å². The Balaban J connectivity index is 1.76. The maximum Gasteiger partial charge on any atom is 0.249 e. The van der Waals surface area contributed by atoms with Gasteiger partial charge in [0, 0.05) is 24.6 Å². The van der Waals surface area contributed by atoms with Gasteiger partial charge in [-0.05, 0) is 35.6 Å². The molecule has 3 rings (SSSR count). The molecule has 0 spiro atoms. The van der Waals surface area contributed by atoms with Gasteiger partial charge in [0.1, 0.15) is 0 Å². The third kappa shape index (κ3) is 4.29. The van der Waals surface area contributed by atoms with Crippen molar-refractivity contribution in [1.29, 1.82) is 0 Å². The topological polar surface area (TPSA) is 75.6 Å². The third-order valence-corrected chi connectivity index (χ3v) is 3.92. The van der Waals surface area contributed by atoms with Crippen molar-refractivity contribution in [2.45, 2.75) is 33.2 Å². The molecule has 0 aliphatic heterocycles. The Labute approximate surface area is 147 Å². The maximum atomic E-state index is 4.51. The molecule has 0 saturated heterocycles. The van der Waals surface area contributed by atoms with E-state index in [9.17, 15) is 0 Å². The van der Waals surface area contributed by atoms with Crippen LogP contribution in [0.25, 0.3) is 0 Å². The lowest BCUT2D eigenvalue weighted by molar-refractivity contribution is 0.865. The summed E-state index contributed by atoms with van der Waals surface area (Å²) in [5.41, 5.74) is 4.51. The lowest BCUT2D eigenvalue weighted by Gasteiger charge is -2.16. The Hall–Kier alpha value is -3.02. The van der Waals surface area contributed by atoms with Crippen LogP contribution in [0.4, 0.5) is 17.5 Å². The molecule has 25 heavy (non-hydrogen) atoms. The lowest BCUT2D eigenvalue weighted by Crippen LogP contribution is -2.07. The van der Waals surface area contributed by atoms with Crippen LogP contribution in [0.2, 0.25) is 0 Å². The highest BCUT2D eigenvalue weighted by molar-refractivity contribution is 5.64. The number of benzene rings is 1. The number of para-hydroxylation sites is 1. The van der Waals surface area contributed by atoms with E-state index in [1.165, 1.54) is 5.56 Å². The number of rotatable bonds is 6. The van der Waals surface area contributed by atoms with Gasteiger partial charge in [-0.2, -0.15) is 10.1 Å². The number of aryl methyl sites for hydroxylation is 1. The van der Waals surface area contributed by atoms with E-state index in [0.29, 0.717) is 24.2 Å². The van der Waals surface area contributed by atoms with E-state index >= 15 is 0 Å². The van der Waals surface area contributed by atoms with Gasteiger partial charge in [0.15, 0.2) is 5.82 Å². The summed E-state index contributed by atoms with van der Waals surface area (Å²) in [6.07, 6.45) is 5.19. The monoisotopic (exact) mass is 334 g/mol. The first-order valence-electron chi connectivity index (χ1n) is 8.32. The van der Waals surface area contributed by atoms with Crippen molar-refractivity contribution in [3.8, 4) is 0 Å². The zero-order valence-corrected chi connectivity index (χ0v) is 14.7. The first-order valence-corrected chi connectivity index (χ1v) is 8.32. The Bertz CT molecular complexity index is 832. The van der Waals surface area contributed by atoms with Gasteiger partial charge in [-0.3, -0.25) is 4.98 Å². The van der Waals surface area contributed by atoms with Gasteiger partial charge in [-0.1, -0.05) is 38.1 Å². The number of aromatic nitrogens is 4. The molecule has 0 radical (unpaired) electrons. The Kier molecular flexibility index (Phi) is 5.18. The van der Waals surface area contributed by atoms with Gasteiger partial charge in [0.05, 0.1) is 6.20 Å². The Morgan fingerprint density at radius 1 is 1.08 bits per heavy atom. The molecule has 0 unspecified atom stereocenters. The van der Waals surface area contributed by atoms with Gasteiger partial charge in [0.2, 0.25) is 5.95 Å². The lowest BCUT2D eigenvalue weighted by atomic mass is 9.98. The standard InChI is InChI=1S/C19H22N6/c1-13(2)16-8-4-6-14(3)18(16)24-19-23-17(12-22-25-19)21-11-15-7-5-9-20-10-15/h4-10,12-13H,11H2,1-3H3,(H2,21,23,24,25). The largest absolute Gasteiger partial charge is 0.364 e. The van der Waals surface area contributed by atoms with Crippen LogP contribution in [-0.4, -0.2) is 20.2 Å². The highest BCUT2D eigenvalue weighted by Crippen LogP contribution is 2.29. The molecule has 2 N–H and O–H groups in total. The van der Waals surface area contributed by atoms with Gasteiger partial charge in [-0.25, -0.2) is 0 Å². The molecule has 0 fully saturated rings. The van der Waals surface area contributed by atoms with Crippen molar-refractivity contribution in [1.82, 2.24) is 20.2 Å². The molecule has 2 heterocycles. The van der Waals surface area contributed by atoms with Crippen LogP contribution in [0.5, 0.6) is 0 Å². The molecule has 1 aromatic carbocycles. The predicted molar refractivity (Wildman–Crippen MR) is 99.9 cm³/mol. The molecule has 6 heteroatoms. The number of nitrogens with zero attached hydrogens (tertiary/aromatic N) is 4. The molecule has 0 saturated carbocycles. The molecule has 128 valence electrons. The van der Waals surface area contributed by atoms with Crippen molar-refractivity contribution in [2.24, 2.45) is 0 Å². The predicted octanol–water partition coefficient (Wildman–Crippen LogP) is 4.05. The van der Waals surface area contributed by atoms with E-state index in [1.54, 1.807) is 12.4 Å². The molecular weight excluding hydrogens is 312 g/mol. The first kappa shape index (κ1) is 16.8. The molecule has 0 aliphatic rings. The average molecular weight is 334 g/mol. The number of hydrogen-bond acceptors (Lipinski definition) is 6. The summed E-state index contributed by atoms with van der Waals surface area (Å²) in [7, 11) is 0. The second kappa shape index (κ2) is 7.70. The fraction of sp³-hybridized carbons (Fsp3) is 0.263. The highest BCUT2D eigenvalue weighted by Gasteiger charge is 2.11. The highest BCUT2D eigenvalue weighted by atomic mass is 15.3. The van der Waals surface area contributed by atoms with Crippen molar-refractivity contribution < 1.29 is 0 Å². The van der Waals surface area contributed by atoms with E-state index in [1.807, 2.05) is 18.3 Å². The second-order valence-corrected chi connectivity index (χ2v) is 6.20. The Morgan fingerprint density at radius 3 is 2.72 bits per heavy atom. The number of anilines is 3. The summed E-state index contributed by atoms with van der Waals surface area (Å²) in [5.74, 6) is 1.55. The summed E-state index contributed by atoms with van der Waals surface area (Å²) in [5, 5.41) is 14.7. The molecule has 0 atom stereocenters. The smallest absolute Gasteiger partial charge is 0.249 e. The molecular formula is C19H22N6.